The van der Waals surface area contributed by atoms with Crippen molar-refractivity contribution in [2.24, 2.45) is 0 Å². The summed E-state index contributed by atoms with van der Waals surface area (Å²) in [5, 5.41) is 18.3. The summed E-state index contributed by atoms with van der Waals surface area (Å²) in [7, 11) is 1.74. The van der Waals surface area contributed by atoms with Gasteiger partial charge >= 0.3 is 0 Å². The fourth-order valence-corrected chi connectivity index (χ4v) is 1.69. The van der Waals surface area contributed by atoms with Crippen LogP contribution in [0.3, 0.4) is 0 Å². The average Bonchev–Trinajstić information content (AvgIpc) is 2.39. The van der Waals surface area contributed by atoms with Crippen molar-refractivity contribution in [1.29, 1.82) is 0 Å². The predicted octanol–water partition coefficient (Wildman–Crippen LogP) is -0.0156. The first-order valence-electron chi connectivity index (χ1n) is 5.90. The minimum absolute atomic E-state index is 0.120. The van der Waals surface area contributed by atoms with E-state index >= 15 is 0 Å². The Labute approximate surface area is 117 Å². The van der Waals surface area contributed by atoms with E-state index in [-0.39, 0.29) is 38.8 Å². The number of rotatable bonds is 7. The summed E-state index contributed by atoms with van der Waals surface area (Å²) in [5.41, 5.74) is 0. The number of amides is 1. The third-order valence-corrected chi connectivity index (χ3v) is 2.79. The molecule has 0 radical (unpaired) electrons. The number of aromatic nitrogens is 1. The lowest BCUT2D eigenvalue weighted by atomic mass is 10.4. The molecule has 0 bridgehead atoms. The van der Waals surface area contributed by atoms with Gasteiger partial charge in [0, 0.05) is 26.3 Å². The quantitative estimate of drug-likeness (QED) is 0.737. The Morgan fingerprint density at radius 1 is 1.32 bits per heavy atom. The lowest BCUT2D eigenvalue weighted by Crippen LogP contribution is -2.42. The molecule has 0 unspecified atom stereocenters. The maximum atomic E-state index is 12.0. The Balaban J connectivity index is 2.61. The molecule has 1 aromatic rings. The van der Waals surface area contributed by atoms with E-state index in [9.17, 15) is 4.79 Å². The number of hydrogen-bond acceptors (Lipinski definition) is 5. The highest BCUT2D eigenvalue weighted by Crippen LogP contribution is 2.12. The molecule has 0 atom stereocenters. The number of halogens is 1. The fourth-order valence-electron chi connectivity index (χ4n) is 1.58. The number of nitrogens with zero attached hydrogens (tertiary/aromatic N) is 3. The van der Waals surface area contributed by atoms with Crippen molar-refractivity contribution in [3.63, 3.8) is 0 Å². The minimum Gasteiger partial charge on any atom is -0.395 e. The van der Waals surface area contributed by atoms with Crippen molar-refractivity contribution in [3.05, 3.63) is 23.4 Å². The molecule has 106 valence electrons. The number of aliphatic hydroxyl groups excluding tert-OH is 2. The summed E-state index contributed by atoms with van der Waals surface area (Å²) in [6.07, 6.45) is 1.51. The molecule has 1 amide bonds. The maximum Gasteiger partial charge on any atom is 0.242 e. The summed E-state index contributed by atoms with van der Waals surface area (Å²) < 4.78 is 0. The molecule has 0 spiro atoms. The monoisotopic (exact) mass is 287 g/mol. The normalized spacial score (nSPS) is 10.3. The minimum atomic E-state index is -0.178. The average molecular weight is 288 g/mol. The second-order valence-electron chi connectivity index (χ2n) is 4.02. The zero-order valence-corrected chi connectivity index (χ0v) is 11.5. The zero-order valence-electron chi connectivity index (χ0n) is 10.8. The van der Waals surface area contributed by atoms with E-state index in [1.54, 1.807) is 24.1 Å². The summed E-state index contributed by atoms with van der Waals surface area (Å²) in [4.78, 5) is 19.2. The fraction of sp³-hybridized carbons (Fsp3) is 0.500. The van der Waals surface area contributed by atoms with Gasteiger partial charge < -0.3 is 20.0 Å². The van der Waals surface area contributed by atoms with Crippen molar-refractivity contribution in [2.45, 2.75) is 0 Å². The molecule has 0 aliphatic heterocycles. The molecule has 6 nitrogen and oxygen atoms in total. The third-order valence-electron chi connectivity index (χ3n) is 2.57. The Morgan fingerprint density at radius 3 is 2.42 bits per heavy atom. The Morgan fingerprint density at radius 2 is 1.95 bits per heavy atom. The van der Waals surface area contributed by atoms with E-state index in [1.165, 1.54) is 11.1 Å². The van der Waals surface area contributed by atoms with Gasteiger partial charge in [-0.15, -0.1) is 0 Å². The maximum absolute atomic E-state index is 12.0. The lowest BCUT2D eigenvalue weighted by molar-refractivity contribution is -0.130. The van der Waals surface area contributed by atoms with Gasteiger partial charge in [-0.3, -0.25) is 4.79 Å². The highest BCUT2D eigenvalue weighted by molar-refractivity contribution is 6.30. The summed E-state index contributed by atoms with van der Waals surface area (Å²) in [5.74, 6) is 0.452. The molecule has 1 heterocycles. The molecular weight excluding hydrogens is 270 g/mol. The van der Waals surface area contributed by atoms with Crippen LogP contribution in [0.4, 0.5) is 5.82 Å². The molecule has 0 aliphatic rings. The van der Waals surface area contributed by atoms with E-state index in [4.69, 9.17) is 21.8 Å². The van der Waals surface area contributed by atoms with Gasteiger partial charge in [-0.2, -0.15) is 0 Å². The Bertz CT molecular complexity index is 394. The number of aliphatic hydroxyl groups is 2. The first-order valence-corrected chi connectivity index (χ1v) is 6.28. The number of likely N-dealkylation sites (N-methyl/N-ethyl adjacent to an activating group) is 1. The summed E-state index contributed by atoms with van der Waals surface area (Å²) in [6.45, 7) is 0.278. The first-order chi connectivity index (χ1) is 9.08. The van der Waals surface area contributed by atoms with Gasteiger partial charge in [-0.05, 0) is 12.1 Å². The van der Waals surface area contributed by atoms with E-state index in [0.717, 1.165) is 0 Å². The predicted molar refractivity (Wildman–Crippen MR) is 73.3 cm³/mol. The second-order valence-corrected chi connectivity index (χ2v) is 4.46. The molecule has 0 fully saturated rings. The number of carbonyl (C=O) groups is 1. The van der Waals surface area contributed by atoms with Crippen molar-refractivity contribution in [2.75, 3.05) is 44.8 Å². The molecule has 1 rings (SSSR count). The van der Waals surface area contributed by atoms with Crippen LogP contribution in [-0.2, 0) is 4.79 Å². The highest BCUT2D eigenvalue weighted by atomic mass is 35.5. The Hall–Kier alpha value is -1.37. The molecule has 19 heavy (non-hydrogen) atoms. The Kier molecular flexibility index (Phi) is 6.55. The molecule has 0 aliphatic carbocycles. The molecule has 0 aromatic carbocycles. The van der Waals surface area contributed by atoms with E-state index in [1.807, 2.05) is 0 Å². The summed E-state index contributed by atoms with van der Waals surface area (Å²) in [6, 6.07) is 3.42. The standard InChI is InChI=1S/C12H18ClN3O3/c1-15(11-3-2-10(13)8-14-11)9-12(19)16(4-6-17)5-7-18/h2-3,8,17-18H,4-7,9H2,1H3. The molecular formula is C12H18ClN3O3. The van der Waals surface area contributed by atoms with Crippen LogP contribution >= 0.6 is 11.6 Å². The third kappa shape index (κ3) is 5.02. The van der Waals surface area contributed by atoms with Crippen molar-refractivity contribution in [3.8, 4) is 0 Å². The lowest BCUT2D eigenvalue weighted by Gasteiger charge is -2.24. The van der Waals surface area contributed by atoms with Gasteiger partial charge in [0.25, 0.3) is 0 Å². The molecule has 2 N–H and O–H groups in total. The van der Waals surface area contributed by atoms with Crippen LogP contribution in [0.1, 0.15) is 0 Å². The van der Waals surface area contributed by atoms with Gasteiger partial charge in [-0.1, -0.05) is 11.6 Å². The number of pyridine rings is 1. The van der Waals surface area contributed by atoms with Gasteiger partial charge in [0.05, 0.1) is 24.8 Å². The molecule has 7 heteroatoms. The number of hydrogen-bond donors (Lipinski definition) is 2. The van der Waals surface area contributed by atoms with Gasteiger partial charge in [0.2, 0.25) is 5.91 Å². The van der Waals surface area contributed by atoms with Gasteiger partial charge in [0.1, 0.15) is 5.82 Å². The highest BCUT2D eigenvalue weighted by Gasteiger charge is 2.15. The zero-order chi connectivity index (χ0) is 14.3. The van der Waals surface area contributed by atoms with E-state index in [0.29, 0.717) is 10.8 Å². The van der Waals surface area contributed by atoms with Crippen LogP contribution in [0, 0.1) is 0 Å². The number of anilines is 1. The smallest absolute Gasteiger partial charge is 0.242 e. The van der Waals surface area contributed by atoms with Crippen LogP contribution in [0.5, 0.6) is 0 Å². The van der Waals surface area contributed by atoms with Crippen LogP contribution in [-0.4, -0.2) is 65.9 Å². The summed E-state index contributed by atoms with van der Waals surface area (Å²) >= 11 is 5.74. The largest absolute Gasteiger partial charge is 0.395 e. The molecule has 0 saturated heterocycles. The van der Waals surface area contributed by atoms with Crippen molar-refractivity contribution in [1.82, 2.24) is 9.88 Å². The van der Waals surface area contributed by atoms with Crippen LogP contribution in [0.25, 0.3) is 0 Å². The molecule has 0 saturated carbocycles. The second kappa shape index (κ2) is 7.93. The van der Waals surface area contributed by atoms with Crippen molar-refractivity contribution >= 4 is 23.3 Å². The van der Waals surface area contributed by atoms with E-state index < -0.39 is 0 Å². The van der Waals surface area contributed by atoms with Crippen molar-refractivity contribution < 1.29 is 15.0 Å². The SMILES string of the molecule is CN(CC(=O)N(CCO)CCO)c1ccc(Cl)cn1. The van der Waals surface area contributed by atoms with Crippen LogP contribution < -0.4 is 4.90 Å². The number of carbonyl (C=O) groups excluding carboxylic acids is 1. The van der Waals surface area contributed by atoms with Crippen LogP contribution in [0.15, 0.2) is 18.3 Å². The van der Waals surface area contributed by atoms with Crippen LogP contribution in [0.2, 0.25) is 5.02 Å². The first kappa shape index (κ1) is 15.7. The van der Waals surface area contributed by atoms with Gasteiger partial charge in [-0.25, -0.2) is 4.98 Å². The van der Waals surface area contributed by atoms with Gasteiger partial charge in [0.15, 0.2) is 0 Å². The molecule has 1 aromatic heterocycles. The van der Waals surface area contributed by atoms with E-state index in [2.05, 4.69) is 4.98 Å². The topological polar surface area (TPSA) is 76.9 Å².